The molecule has 1 fully saturated rings. The average Bonchev–Trinajstić information content (AvgIpc) is 2.58. The summed E-state index contributed by atoms with van der Waals surface area (Å²) in [6, 6.07) is 13.2. The minimum atomic E-state index is -0.0150. The number of piperidine rings is 1. The zero-order chi connectivity index (χ0) is 17.8. The number of carbonyl (C=O) groups excluding carboxylic acids is 1. The van der Waals surface area contributed by atoms with E-state index < -0.39 is 0 Å². The Hall–Kier alpha value is -1.07. The number of hydrogen-bond donors (Lipinski definition) is 1. The van der Waals surface area contributed by atoms with Gasteiger partial charge in [0.2, 0.25) is 5.91 Å². The number of rotatable bonds is 4. The molecule has 2 aromatic rings. The summed E-state index contributed by atoms with van der Waals surface area (Å²) in [7, 11) is 0. The summed E-state index contributed by atoms with van der Waals surface area (Å²) in [5.74, 6) is 0.0591. The first kappa shape index (κ1) is 18.7. The fraction of sp³-hybridized carbons (Fsp3) is 0.316. The lowest BCUT2D eigenvalue weighted by atomic mass is 9.96. The maximum absolute atomic E-state index is 12.6. The maximum Gasteiger partial charge on any atom is 0.228 e. The standard InChI is InChI=1S/C19H19BrCl2N2O/c20-15-4-1-5-17(9-15)23-19(25)14-3-2-8-24(12-14)11-13-6-7-16(21)10-18(13)22/h1,4-7,9-10,14H,2-3,8,11-12H2,(H,23,25)/t14-/m0/s1. The van der Waals surface area contributed by atoms with E-state index in [-0.39, 0.29) is 11.8 Å². The third kappa shape index (κ3) is 5.20. The second-order valence-corrected chi connectivity index (χ2v) is 8.07. The van der Waals surface area contributed by atoms with Crippen LogP contribution in [0.2, 0.25) is 10.0 Å². The van der Waals surface area contributed by atoms with Gasteiger partial charge in [0.1, 0.15) is 0 Å². The molecule has 25 heavy (non-hydrogen) atoms. The highest BCUT2D eigenvalue weighted by molar-refractivity contribution is 9.10. The molecule has 1 heterocycles. The van der Waals surface area contributed by atoms with E-state index in [9.17, 15) is 4.79 Å². The number of nitrogens with one attached hydrogen (secondary N) is 1. The van der Waals surface area contributed by atoms with Crippen LogP contribution < -0.4 is 5.32 Å². The van der Waals surface area contributed by atoms with Gasteiger partial charge in [-0.1, -0.05) is 51.3 Å². The van der Waals surface area contributed by atoms with E-state index in [2.05, 4.69) is 26.1 Å². The highest BCUT2D eigenvalue weighted by Gasteiger charge is 2.26. The molecule has 1 aliphatic rings. The molecule has 1 aliphatic heterocycles. The van der Waals surface area contributed by atoms with Crippen LogP contribution in [0, 0.1) is 5.92 Å². The molecule has 1 atom stereocenters. The summed E-state index contributed by atoms with van der Waals surface area (Å²) in [6.45, 7) is 2.44. The Balaban J connectivity index is 1.61. The van der Waals surface area contributed by atoms with Gasteiger partial charge < -0.3 is 5.32 Å². The van der Waals surface area contributed by atoms with Gasteiger partial charge in [-0.25, -0.2) is 0 Å². The van der Waals surface area contributed by atoms with Crippen molar-refractivity contribution in [2.45, 2.75) is 19.4 Å². The lowest BCUT2D eigenvalue weighted by Gasteiger charge is -2.32. The van der Waals surface area contributed by atoms with Crippen molar-refractivity contribution in [3.05, 3.63) is 62.5 Å². The molecule has 132 valence electrons. The summed E-state index contributed by atoms with van der Waals surface area (Å²) in [6.07, 6.45) is 1.91. The topological polar surface area (TPSA) is 32.3 Å². The van der Waals surface area contributed by atoms with Crippen LogP contribution in [0.3, 0.4) is 0 Å². The summed E-state index contributed by atoms with van der Waals surface area (Å²) in [4.78, 5) is 14.9. The Morgan fingerprint density at radius 1 is 1.24 bits per heavy atom. The SMILES string of the molecule is O=C(Nc1cccc(Br)c1)[C@H]1CCCN(Cc2ccc(Cl)cc2Cl)C1. The lowest BCUT2D eigenvalue weighted by molar-refractivity contribution is -0.121. The first-order valence-corrected chi connectivity index (χ1v) is 9.79. The third-order valence-electron chi connectivity index (χ3n) is 4.38. The molecule has 0 bridgehead atoms. The molecule has 0 spiro atoms. The molecule has 1 saturated heterocycles. The number of amides is 1. The molecule has 0 radical (unpaired) electrons. The Kier molecular flexibility index (Phi) is 6.39. The van der Waals surface area contributed by atoms with Gasteiger partial charge in [0.05, 0.1) is 5.92 Å². The summed E-state index contributed by atoms with van der Waals surface area (Å²) in [5.41, 5.74) is 1.86. The van der Waals surface area contributed by atoms with Crippen molar-refractivity contribution in [1.29, 1.82) is 0 Å². The highest BCUT2D eigenvalue weighted by Crippen LogP contribution is 2.25. The Morgan fingerprint density at radius 2 is 2.08 bits per heavy atom. The Labute approximate surface area is 166 Å². The predicted octanol–water partition coefficient (Wildman–Crippen LogP) is 5.61. The summed E-state index contributed by atoms with van der Waals surface area (Å²) >= 11 is 15.7. The van der Waals surface area contributed by atoms with Crippen molar-refractivity contribution >= 4 is 50.7 Å². The zero-order valence-corrected chi connectivity index (χ0v) is 16.7. The molecule has 1 amide bonds. The van der Waals surface area contributed by atoms with E-state index in [1.807, 2.05) is 36.4 Å². The van der Waals surface area contributed by atoms with E-state index in [0.717, 1.165) is 48.2 Å². The van der Waals surface area contributed by atoms with Crippen molar-refractivity contribution < 1.29 is 4.79 Å². The van der Waals surface area contributed by atoms with E-state index in [1.54, 1.807) is 6.07 Å². The average molecular weight is 442 g/mol. The van der Waals surface area contributed by atoms with Crippen LogP contribution in [-0.2, 0) is 11.3 Å². The largest absolute Gasteiger partial charge is 0.326 e. The molecule has 0 aliphatic carbocycles. The molecule has 0 unspecified atom stereocenters. The number of carbonyl (C=O) groups is 1. The van der Waals surface area contributed by atoms with Crippen LogP contribution in [0.25, 0.3) is 0 Å². The van der Waals surface area contributed by atoms with Crippen LogP contribution in [0.1, 0.15) is 18.4 Å². The molecular formula is C19H19BrCl2N2O. The first-order chi connectivity index (χ1) is 12.0. The number of hydrogen-bond acceptors (Lipinski definition) is 2. The van der Waals surface area contributed by atoms with Gasteiger partial charge in [-0.2, -0.15) is 0 Å². The molecule has 6 heteroatoms. The minimum absolute atomic E-state index is 0.0150. The van der Waals surface area contributed by atoms with Crippen molar-refractivity contribution in [2.75, 3.05) is 18.4 Å². The predicted molar refractivity (Wildman–Crippen MR) is 107 cm³/mol. The van der Waals surface area contributed by atoms with E-state index in [0.29, 0.717) is 10.0 Å². The second kappa shape index (κ2) is 8.54. The summed E-state index contributed by atoms with van der Waals surface area (Å²) < 4.78 is 0.952. The number of anilines is 1. The van der Waals surface area contributed by atoms with Crippen LogP contribution in [0.15, 0.2) is 46.9 Å². The van der Waals surface area contributed by atoms with Crippen molar-refractivity contribution in [3.8, 4) is 0 Å². The molecular weight excluding hydrogens is 423 g/mol. The molecule has 3 rings (SSSR count). The quantitative estimate of drug-likeness (QED) is 0.668. The van der Waals surface area contributed by atoms with Crippen LogP contribution >= 0.6 is 39.1 Å². The third-order valence-corrected chi connectivity index (χ3v) is 5.46. The molecule has 0 saturated carbocycles. The Bertz CT molecular complexity index is 769. The zero-order valence-electron chi connectivity index (χ0n) is 13.6. The van der Waals surface area contributed by atoms with Crippen LogP contribution in [-0.4, -0.2) is 23.9 Å². The van der Waals surface area contributed by atoms with Gasteiger partial charge >= 0.3 is 0 Å². The van der Waals surface area contributed by atoms with E-state index in [1.165, 1.54) is 0 Å². The number of nitrogens with zero attached hydrogens (tertiary/aromatic N) is 1. The van der Waals surface area contributed by atoms with Gasteiger partial charge in [0.15, 0.2) is 0 Å². The van der Waals surface area contributed by atoms with Crippen LogP contribution in [0.4, 0.5) is 5.69 Å². The smallest absolute Gasteiger partial charge is 0.228 e. The van der Waals surface area contributed by atoms with E-state index >= 15 is 0 Å². The number of halogens is 3. The lowest BCUT2D eigenvalue weighted by Crippen LogP contribution is -2.40. The number of benzene rings is 2. The van der Waals surface area contributed by atoms with Gasteiger partial charge in [-0.3, -0.25) is 9.69 Å². The molecule has 1 N–H and O–H groups in total. The molecule has 2 aromatic carbocycles. The van der Waals surface area contributed by atoms with Gasteiger partial charge in [0.25, 0.3) is 0 Å². The number of likely N-dealkylation sites (tertiary alicyclic amines) is 1. The highest BCUT2D eigenvalue weighted by atomic mass is 79.9. The first-order valence-electron chi connectivity index (χ1n) is 8.24. The molecule has 3 nitrogen and oxygen atoms in total. The van der Waals surface area contributed by atoms with E-state index in [4.69, 9.17) is 23.2 Å². The van der Waals surface area contributed by atoms with Crippen molar-refractivity contribution in [3.63, 3.8) is 0 Å². The Morgan fingerprint density at radius 3 is 2.84 bits per heavy atom. The summed E-state index contributed by atoms with van der Waals surface area (Å²) in [5, 5.41) is 4.33. The van der Waals surface area contributed by atoms with Crippen molar-refractivity contribution in [1.82, 2.24) is 4.90 Å². The monoisotopic (exact) mass is 440 g/mol. The fourth-order valence-electron chi connectivity index (χ4n) is 3.11. The van der Waals surface area contributed by atoms with Gasteiger partial charge in [-0.15, -0.1) is 0 Å². The minimum Gasteiger partial charge on any atom is -0.326 e. The maximum atomic E-state index is 12.6. The molecule has 0 aromatic heterocycles. The normalized spacial score (nSPS) is 18.1. The van der Waals surface area contributed by atoms with Gasteiger partial charge in [-0.05, 0) is 55.3 Å². The van der Waals surface area contributed by atoms with Crippen LogP contribution in [0.5, 0.6) is 0 Å². The van der Waals surface area contributed by atoms with Crippen molar-refractivity contribution in [2.24, 2.45) is 5.92 Å². The second-order valence-electron chi connectivity index (χ2n) is 6.31. The fourth-order valence-corrected chi connectivity index (χ4v) is 3.98. The van der Waals surface area contributed by atoms with Gasteiger partial charge in [0, 0.05) is 33.3 Å².